The number of aryl methyl sites for hydroxylation is 2. The second-order valence-corrected chi connectivity index (χ2v) is 3.39. The first-order chi connectivity index (χ1) is 7.09. The highest BCUT2D eigenvalue weighted by Gasteiger charge is 2.14. The highest BCUT2D eigenvalue weighted by atomic mass is 19.1. The fourth-order valence-corrected chi connectivity index (χ4v) is 1.59. The van der Waals surface area contributed by atoms with E-state index in [9.17, 15) is 8.78 Å². The van der Waals surface area contributed by atoms with Crippen molar-refractivity contribution in [3.8, 4) is 11.3 Å². The molecule has 0 bridgehead atoms. The number of hydrogen-bond donors (Lipinski definition) is 0. The minimum Gasteiger partial charge on any atom is -0.267 e. The van der Waals surface area contributed by atoms with Crippen LogP contribution < -0.4 is 0 Å². The molecule has 0 atom stereocenters. The minimum atomic E-state index is -0.571. The summed E-state index contributed by atoms with van der Waals surface area (Å²) in [6.07, 6.45) is 0. The topological polar surface area (TPSA) is 17.8 Å². The average molecular weight is 208 g/mol. The monoisotopic (exact) mass is 208 g/mol. The van der Waals surface area contributed by atoms with Crippen molar-refractivity contribution < 1.29 is 8.78 Å². The predicted molar refractivity (Wildman–Crippen MR) is 53.3 cm³/mol. The molecule has 2 aromatic rings. The predicted octanol–water partition coefficient (Wildman–Crippen LogP) is 2.67. The minimum absolute atomic E-state index is 0.0272. The maximum absolute atomic E-state index is 13.4. The van der Waals surface area contributed by atoms with Crippen LogP contribution in [0.2, 0.25) is 0 Å². The molecule has 78 valence electrons. The highest BCUT2D eigenvalue weighted by Crippen LogP contribution is 2.25. The molecule has 0 N–H and O–H groups in total. The third kappa shape index (κ3) is 1.63. The number of nitrogens with zero attached hydrogens (tertiary/aromatic N) is 2. The first-order valence-electron chi connectivity index (χ1n) is 4.54. The van der Waals surface area contributed by atoms with Gasteiger partial charge < -0.3 is 0 Å². The van der Waals surface area contributed by atoms with Gasteiger partial charge in [-0.25, -0.2) is 8.78 Å². The van der Waals surface area contributed by atoms with Gasteiger partial charge in [-0.05, 0) is 25.1 Å². The van der Waals surface area contributed by atoms with E-state index in [1.807, 2.05) is 0 Å². The lowest BCUT2D eigenvalue weighted by atomic mass is 10.1. The van der Waals surface area contributed by atoms with Crippen molar-refractivity contribution in [2.75, 3.05) is 0 Å². The second-order valence-electron chi connectivity index (χ2n) is 3.39. The third-order valence-corrected chi connectivity index (χ3v) is 2.22. The smallest absolute Gasteiger partial charge is 0.135 e. The Bertz CT molecular complexity index is 483. The molecule has 1 aromatic heterocycles. The molecule has 0 aliphatic carbocycles. The quantitative estimate of drug-likeness (QED) is 0.704. The summed E-state index contributed by atoms with van der Waals surface area (Å²) in [5, 5.41) is 4.05. The zero-order valence-electron chi connectivity index (χ0n) is 8.46. The standard InChI is InChI=1S/C11H10F2N2/c1-7-6-10(15(2)14-7)11-8(12)4-3-5-9(11)13/h3-6H,1-2H3. The van der Waals surface area contributed by atoms with Crippen LogP contribution in [0.3, 0.4) is 0 Å². The zero-order chi connectivity index (χ0) is 11.0. The van der Waals surface area contributed by atoms with Crippen molar-refractivity contribution in [2.45, 2.75) is 6.92 Å². The molecule has 0 aliphatic heterocycles. The molecule has 2 nitrogen and oxygen atoms in total. The Morgan fingerprint density at radius 1 is 1.20 bits per heavy atom. The molecule has 0 radical (unpaired) electrons. The summed E-state index contributed by atoms with van der Waals surface area (Å²) < 4.78 is 28.4. The van der Waals surface area contributed by atoms with Gasteiger partial charge in [0.25, 0.3) is 0 Å². The Morgan fingerprint density at radius 2 is 1.80 bits per heavy atom. The normalized spacial score (nSPS) is 10.7. The first kappa shape index (κ1) is 9.83. The SMILES string of the molecule is Cc1cc(-c2c(F)cccc2F)n(C)n1. The molecule has 0 aliphatic rings. The fourth-order valence-electron chi connectivity index (χ4n) is 1.59. The van der Waals surface area contributed by atoms with Crippen molar-refractivity contribution >= 4 is 0 Å². The van der Waals surface area contributed by atoms with Crippen molar-refractivity contribution in [1.29, 1.82) is 0 Å². The maximum atomic E-state index is 13.4. The Hall–Kier alpha value is -1.71. The van der Waals surface area contributed by atoms with Crippen LogP contribution in [0.1, 0.15) is 5.69 Å². The molecule has 0 unspecified atom stereocenters. The van der Waals surface area contributed by atoms with E-state index in [4.69, 9.17) is 0 Å². The van der Waals surface area contributed by atoms with Gasteiger partial charge >= 0.3 is 0 Å². The van der Waals surface area contributed by atoms with Crippen LogP contribution in [-0.2, 0) is 7.05 Å². The molecule has 0 saturated heterocycles. The highest BCUT2D eigenvalue weighted by molar-refractivity contribution is 5.61. The van der Waals surface area contributed by atoms with Gasteiger partial charge in [0.2, 0.25) is 0 Å². The summed E-state index contributed by atoms with van der Waals surface area (Å²) in [5.41, 5.74) is 1.15. The number of hydrogen-bond acceptors (Lipinski definition) is 1. The Kier molecular flexibility index (Phi) is 2.26. The molecule has 0 amide bonds. The van der Waals surface area contributed by atoms with Gasteiger partial charge in [-0.1, -0.05) is 6.07 Å². The molecular formula is C11H10F2N2. The van der Waals surface area contributed by atoms with Gasteiger partial charge in [0.05, 0.1) is 17.0 Å². The van der Waals surface area contributed by atoms with Gasteiger partial charge in [-0.3, -0.25) is 4.68 Å². The summed E-state index contributed by atoms with van der Waals surface area (Å²) in [4.78, 5) is 0. The van der Waals surface area contributed by atoms with E-state index in [1.54, 1.807) is 20.0 Å². The van der Waals surface area contributed by atoms with Crippen molar-refractivity contribution in [3.63, 3.8) is 0 Å². The summed E-state index contributed by atoms with van der Waals surface area (Å²) in [7, 11) is 1.66. The van der Waals surface area contributed by atoms with Crippen LogP contribution in [0.15, 0.2) is 24.3 Å². The van der Waals surface area contributed by atoms with Crippen molar-refractivity contribution in [3.05, 3.63) is 41.6 Å². The second kappa shape index (κ2) is 3.46. The Morgan fingerprint density at radius 3 is 2.27 bits per heavy atom. The Balaban J connectivity index is 2.68. The van der Waals surface area contributed by atoms with Crippen LogP contribution in [0.4, 0.5) is 8.78 Å². The maximum Gasteiger partial charge on any atom is 0.135 e. The van der Waals surface area contributed by atoms with Gasteiger partial charge in [0, 0.05) is 7.05 Å². The Labute approximate surface area is 86.2 Å². The summed E-state index contributed by atoms with van der Waals surface area (Å²) in [6, 6.07) is 5.47. The van der Waals surface area contributed by atoms with Crippen LogP contribution in [0.5, 0.6) is 0 Å². The van der Waals surface area contributed by atoms with E-state index in [2.05, 4.69) is 5.10 Å². The molecule has 1 heterocycles. The van der Waals surface area contributed by atoms with Crippen LogP contribution in [0.25, 0.3) is 11.3 Å². The summed E-state index contributed by atoms with van der Waals surface area (Å²) in [6.45, 7) is 1.78. The van der Waals surface area contributed by atoms with Gasteiger partial charge in [0.15, 0.2) is 0 Å². The summed E-state index contributed by atoms with van der Waals surface area (Å²) >= 11 is 0. The van der Waals surface area contributed by atoms with Gasteiger partial charge in [-0.2, -0.15) is 5.10 Å². The molecule has 2 rings (SSSR count). The lowest BCUT2D eigenvalue weighted by molar-refractivity contribution is 0.585. The van der Waals surface area contributed by atoms with Crippen molar-refractivity contribution in [1.82, 2.24) is 9.78 Å². The number of halogens is 2. The van der Waals surface area contributed by atoms with Crippen LogP contribution >= 0.6 is 0 Å². The molecule has 0 saturated carbocycles. The van der Waals surface area contributed by atoms with E-state index >= 15 is 0 Å². The molecule has 4 heteroatoms. The van der Waals surface area contributed by atoms with E-state index in [1.165, 1.54) is 22.9 Å². The summed E-state index contributed by atoms with van der Waals surface area (Å²) in [5.74, 6) is -1.14. The van der Waals surface area contributed by atoms with E-state index in [-0.39, 0.29) is 5.56 Å². The zero-order valence-corrected chi connectivity index (χ0v) is 8.46. The lowest BCUT2D eigenvalue weighted by Crippen LogP contribution is -1.97. The molecular weight excluding hydrogens is 198 g/mol. The van der Waals surface area contributed by atoms with Gasteiger partial charge in [0.1, 0.15) is 11.6 Å². The van der Waals surface area contributed by atoms with Crippen molar-refractivity contribution in [2.24, 2.45) is 7.05 Å². The third-order valence-electron chi connectivity index (χ3n) is 2.22. The van der Waals surface area contributed by atoms with Gasteiger partial charge in [-0.15, -0.1) is 0 Å². The van der Waals surface area contributed by atoms with E-state index in [0.717, 1.165) is 5.69 Å². The molecule has 15 heavy (non-hydrogen) atoms. The largest absolute Gasteiger partial charge is 0.267 e. The molecule has 0 fully saturated rings. The molecule has 0 spiro atoms. The number of benzene rings is 1. The van der Waals surface area contributed by atoms with Crippen LogP contribution in [-0.4, -0.2) is 9.78 Å². The molecule has 1 aromatic carbocycles. The van der Waals surface area contributed by atoms with E-state index < -0.39 is 11.6 Å². The number of rotatable bonds is 1. The fraction of sp³-hybridized carbons (Fsp3) is 0.182. The van der Waals surface area contributed by atoms with Crippen LogP contribution in [0, 0.1) is 18.6 Å². The lowest BCUT2D eigenvalue weighted by Gasteiger charge is -2.04. The number of aromatic nitrogens is 2. The first-order valence-corrected chi connectivity index (χ1v) is 4.54. The average Bonchev–Trinajstić information content (AvgIpc) is 2.45. The van der Waals surface area contributed by atoms with E-state index in [0.29, 0.717) is 5.69 Å².